The largest absolute Gasteiger partial charge is 0.351 e. The molecule has 0 aliphatic carbocycles. The highest BCUT2D eigenvalue weighted by Crippen LogP contribution is 2.25. The highest BCUT2D eigenvalue weighted by molar-refractivity contribution is 6.31. The van der Waals surface area contributed by atoms with Crippen LogP contribution < -0.4 is 10.2 Å². The topological polar surface area (TPSA) is 74.5 Å². The maximum atomic E-state index is 6.25. The van der Waals surface area contributed by atoms with Gasteiger partial charge in [-0.05, 0) is 24.7 Å². The lowest BCUT2D eigenvalue weighted by Crippen LogP contribution is -2.45. The number of aromatic nitrogens is 5. The molecule has 0 atom stereocenters. The minimum absolute atomic E-state index is 0. The Bertz CT molecular complexity index is 1200. The number of imidazole rings is 1. The summed E-state index contributed by atoms with van der Waals surface area (Å²) >= 11 is 6.25. The second kappa shape index (κ2) is 9.68. The van der Waals surface area contributed by atoms with Crippen molar-refractivity contribution in [3.63, 3.8) is 0 Å². The number of rotatable bonds is 5. The van der Waals surface area contributed by atoms with E-state index in [4.69, 9.17) is 16.6 Å². The van der Waals surface area contributed by atoms with Crippen LogP contribution in [-0.2, 0) is 6.54 Å². The van der Waals surface area contributed by atoms with E-state index in [0.29, 0.717) is 12.5 Å². The van der Waals surface area contributed by atoms with E-state index in [9.17, 15) is 0 Å². The maximum Gasteiger partial charge on any atom is 0.223 e. The van der Waals surface area contributed by atoms with E-state index in [1.54, 1.807) is 6.20 Å². The first-order valence-corrected chi connectivity index (χ1v) is 10.6. The van der Waals surface area contributed by atoms with Crippen molar-refractivity contribution in [3.8, 4) is 11.4 Å². The average molecular weight is 471 g/mol. The van der Waals surface area contributed by atoms with Gasteiger partial charge in [0.2, 0.25) is 5.95 Å². The Hall–Kier alpha value is -2.94. The van der Waals surface area contributed by atoms with Crippen LogP contribution in [0.5, 0.6) is 0 Å². The minimum atomic E-state index is 0. The molecule has 166 valence electrons. The Labute approximate surface area is 197 Å². The number of anilines is 2. The summed E-state index contributed by atoms with van der Waals surface area (Å²) in [6.07, 6.45) is 7.34. The first-order chi connectivity index (χ1) is 15.2. The SMILES string of the molecule is CN1CCN(c2nccn3c(-c4ccnc(NCc5ccccc5Cl)n4)cnc23)CC1.Cl. The zero-order valence-electron chi connectivity index (χ0n) is 17.6. The fraction of sp³-hybridized carbons (Fsp3) is 0.273. The van der Waals surface area contributed by atoms with Crippen LogP contribution >= 0.6 is 24.0 Å². The summed E-state index contributed by atoms with van der Waals surface area (Å²) in [7, 11) is 2.14. The molecule has 1 aliphatic heterocycles. The average Bonchev–Trinajstić information content (AvgIpc) is 3.24. The molecule has 3 aromatic heterocycles. The lowest BCUT2D eigenvalue weighted by molar-refractivity contribution is 0.312. The van der Waals surface area contributed by atoms with Crippen molar-refractivity contribution in [2.24, 2.45) is 0 Å². The molecule has 1 N–H and O–H groups in total. The Morgan fingerprint density at radius 1 is 1.00 bits per heavy atom. The van der Waals surface area contributed by atoms with Gasteiger partial charge in [0, 0.05) is 56.3 Å². The van der Waals surface area contributed by atoms with Gasteiger partial charge in [-0.25, -0.2) is 19.9 Å². The Morgan fingerprint density at radius 3 is 2.62 bits per heavy atom. The van der Waals surface area contributed by atoms with Crippen LogP contribution in [0.4, 0.5) is 11.8 Å². The highest BCUT2D eigenvalue weighted by atomic mass is 35.5. The van der Waals surface area contributed by atoms with E-state index in [1.165, 1.54) is 0 Å². The van der Waals surface area contributed by atoms with Crippen molar-refractivity contribution in [3.05, 3.63) is 65.7 Å². The maximum absolute atomic E-state index is 6.25. The summed E-state index contributed by atoms with van der Waals surface area (Å²) in [5.41, 5.74) is 3.53. The minimum Gasteiger partial charge on any atom is -0.351 e. The van der Waals surface area contributed by atoms with Gasteiger partial charge in [-0.2, -0.15) is 0 Å². The molecule has 32 heavy (non-hydrogen) atoms. The number of benzene rings is 1. The van der Waals surface area contributed by atoms with Crippen molar-refractivity contribution < 1.29 is 0 Å². The molecule has 0 unspecified atom stereocenters. The van der Waals surface area contributed by atoms with Gasteiger partial charge in [0.05, 0.1) is 17.6 Å². The monoisotopic (exact) mass is 470 g/mol. The molecule has 5 rings (SSSR count). The smallest absolute Gasteiger partial charge is 0.223 e. The van der Waals surface area contributed by atoms with Crippen molar-refractivity contribution in [2.45, 2.75) is 6.54 Å². The summed E-state index contributed by atoms with van der Waals surface area (Å²) < 4.78 is 2.04. The second-order valence-electron chi connectivity index (χ2n) is 7.59. The van der Waals surface area contributed by atoms with Crippen LogP contribution in [0.25, 0.3) is 17.0 Å². The molecule has 0 bridgehead atoms. The van der Waals surface area contributed by atoms with E-state index in [-0.39, 0.29) is 12.4 Å². The van der Waals surface area contributed by atoms with Crippen LogP contribution in [0, 0.1) is 0 Å². The van der Waals surface area contributed by atoms with Gasteiger partial charge in [-0.15, -0.1) is 12.4 Å². The van der Waals surface area contributed by atoms with Gasteiger partial charge in [0.25, 0.3) is 0 Å². The fourth-order valence-corrected chi connectivity index (χ4v) is 3.94. The lowest BCUT2D eigenvalue weighted by atomic mass is 10.2. The van der Waals surface area contributed by atoms with E-state index < -0.39 is 0 Å². The third-order valence-corrected chi connectivity index (χ3v) is 5.89. The Morgan fingerprint density at radius 2 is 1.81 bits per heavy atom. The Balaban J connectivity index is 0.00000245. The molecule has 1 aliphatic rings. The van der Waals surface area contributed by atoms with Gasteiger partial charge in [0.1, 0.15) is 0 Å². The zero-order chi connectivity index (χ0) is 21.2. The molecule has 1 saturated heterocycles. The predicted octanol–water partition coefficient (Wildman–Crippen LogP) is 3.63. The van der Waals surface area contributed by atoms with Crippen LogP contribution in [-0.4, -0.2) is 62.5 Å². The summed E-state index contributed by atoms with van der Waals surface area (Å²) in [6.45, 7) is 4.46. The molecule has 0 saturated carbocycles. The summed E-state index contributed by atoms with van der Waals surface area (Å²) in [6, 6.07) is 9.63. The molecular weight excluding hydrogens is 447 g/mol. The molecule has 0 amide bonds. The van der Waals surface area contributed by atoms with Crippen LogP contribution in [0.1, 0.15) is 5.56 Å². The van der Waals surface area contributed by atoms with Gasteiger partial charge < -0.3 is 15.1 Å². The fourth-order valence-electron chi connectivity index (χ4n) is 3.74. The van der Waals surface area contributed by atoms with E-state index in [0.717, 1.165) is 59.6 Å². The van der Waals surface area contributed by atoms with Gasteiger partial charge >= 0.3 is 0 Å². The number of hydrogen-bond donors (Lipinski definition) is 1. The number of fused-ring (bicyclic) bond motifs is 1. The molecule has 4 aromatic rings. The first kappa shape index (κ1) is 22.3. The van der Waals surface area contributed by atoms with Crippen molar-refractivity contribution in [1.82, 2.24) is 29.2 Å². The van der Waals surface area contributed by atoms with E-state index in [2.05, 4.69) is 37.1 Å². The molecule has 10 heteroatoms. The van der Waals surface area contributed by atoms with Crippen LogP contribution in [0.2, 0.25) is 5.02 Å². The summed E-state index contributed by atoms with van der Waals surface area (Å²) in [4.78, 5) is 23.0. The number of piperazine rings is 1. The van der Waals surface area contributed by atoms with Crippen molar-refractivity contribution in [1.29, 1.82) is 0 Å². The zero-order valence-corrected chi connectivity index (χ0v) is 19.2. The Kier molecular flexibility index (Phi) is 6.74. The highest BCUT2D eigenvalue weighted by Gasteiger charge is 2.20. The van der Waals surface area contributed by atoms with E-state index >= 15 is 0 Å². The first-order valence-electron chi connectivity index (χ1n) is 10.3. The van der Waals surface area contributed by atoms with Crippen molar-refractivity contribution >= 4 is 41.4 Å². The molecular formula is C22H24Cl2N8. The molecule has 1 aromatic carbocycles. The van der Waals surface area contributed by atoms with Gasteiger partial charge in [-0.1, -0.05) is 29.8 Å². The summed E-state index contributed by atoms with van der Waals surface area (Å²) in [5, 5.41) is 3.98. The molecule has 4 heterocycles. The third-order valence-electron chi connectivity index (χ3n) is 5.53. The predicted molar refractivity (Wildman–Crippen MR) is 130 cm³/mol. The number of halogens is 2. The molecule has 0 spiro atoms. The number of nitrogens with zero attached hydrogens (tertiary/aromatic N) is 7. The molecule has 1 fully saturated rings. The van der Waals surface area contributed by atoms with Gasteiger partial charge in [0.15, 0.2) is 11.5 Å². The van der Waals surface area contributed by atoms with Gasteiger partial charge in [-0.3, -0.25) is 4.40 Å². The quantitative estimate of drug-likeness (QED) is 0.477. The lowest BCUT2D eigenvalue weighted by Gasteiger charge is -2.33. The summed E-state index contributed by atoms with van der Waals surface area (Å²) in [5.74, 6) is 1.45. The molecule has 0 radical (unpaired) electrons. The van der Waals surface area contributed by atoms with E-state index in [1.807, 2.05) is 53.3 Å². The number of nitrogens with one attached hydrogen (secondary N) is 1. The normalized spacial score (nSPS) is 14.4. The molecule has 8 nitrogen and oxygen atoms in total. The number of hydrogen-bond acceptors (Lipinski definition) is 7. The second-order valence-corrected chi connectivity index (χ2v) is 8.00. The standard InChI is InChI=1S/C22H23ClN8.ClH/c1-29-10-12-30(13-11-29)20-21-26-15-19(31(21)9-8-24-20)18-6-7-25-22(28-18)27-14-16-4-2-3-5-17(16)23;/h2-9,15H,10-14H2,1H3,(H,25,27,28);1H. The number of likely N-dealkylation sites (N-methyl/N-ethyl adjacent to an activating group) is 1. The third kappa shape index (κ3) is 4.48. The van der Waals surface area contributed by atoms with Crippen molar-refractivity contribution in [2.75, 3.05) is 43.4 Å². The van der Waals surface area contributed by atoms with Crippen LogP contribution in [0.15, 0.2) is 55.1 Å². The van der Waals surface area contributed by atoms with Crippen LogP contribution in [0.3, 0.4) is 0 Å².